The number of rotatable bonds is 5. The van der Waals surface area contributed by atoms with Crippen LogP contribution in [0.25, 0.3) is 0 Å². The summed E-state index contributed by atoms with van der Waals surface area (Å²) in [5.74, 6) is -0.575. The summed E-state index contributed by atoms with van der Waals surface area (Å²) in [6.07, 6.45) is -0.0650. The first-order valence-electron chi connectivity index (χ1n) is 6.73. The van der Waals surface area contributed by atoms with E-state index in [2.05, 4.69) is 0 Å². The Morgan fingerprint density at radius 1 is 1.32 bits per heavy atom. The number of amides is 2. The molecule has 2 N–H and O–H groups in total. The molecule has 0 aromatic heterocycles. The number of nitrogens with two attached hydrogens (primary N) is 1. The number of carbonyl (C=O) groups excluding carboxylic acids is 3. The Labute approximate surface area is 129 Å². The highest BCUT2D eigenvalue weighted by molar-refractivity contribution is 5.93. The van der Waals surface area contributed by atoms with Gasteiger partial charge in [-0.15, -0.1) is 0 Å². The zero-order chi connectivity index (χ0) is 16.9. The molecular weight excluding hydrogens is 286 g/mol. The molecule has 7 heteroatoms. The predicted octanol–water partition coefficient (Wildman–Crippen LogP) is 1.57. The molecule has 0 aliphatic rings. The van der Waals surface area contributed by atoms with Gasteiger partial charge in [0.1, 0.15) is 18.4 Å². The Hall–Kier alpha value is -2.57. The van der Waals surface area contributed by atoms with Crippen molar-refractivity contribution in [3.8, 4) is 0 Å². The number of benzene rings is 1. The van der Waals surface area contributed by atoms with E-state index in [1.54, 1.807) is 46.0 Å². The molecule has 7 nitrogen and oxygen atoms in total. The molecule has 1 aromatic rings. The maximum absolute atomic E-state index is 12.2. The molecule has 0 bridgehead atoms. The van der Waals surface area contributed by atoms with E-state index in [4.69, 9.17) is 10.5 Å². The van der Waals surface area contributed by atoms with Gasteiger partial charge in [0.15, 0.2) is 0 Å². The lowest BCUT2D eigenvalue weighted by Crippen LogP contribution is -2.47. The van der Waals surface area contributed by atoms with Crippen LogP contribution >= 0.6 is 0 Å². The zero-order valence-corrected chi connectivity index (χ0v) is 13.2. The summed E-state index contributed by atoms with van der Waals surface area (Å²) in [6, 6.07) is 6.43. The molecule has 0 saturated heterocycles. The van der Waals surface area contributed by atoms with Gasteiger partial charge in [-0.3, -0.25) is 9.80 Å². The van der Waals surface area contributed by atoms with Crippen molar-refractivity contribution in [1.29, 1.82) is 0 Å². The van der Waals surface area contributed by atoms with Gasteiger partial charge in [0, 0.05) is 12.6 Å². The van der Waals surface area contributed by atoms with E-state index in [1.807, 2.05) is 0 Å². The quantitative estimate of drug-likeness (QED) is 0.658. The van der Waals surface area contributed by atoms with Crippen molar-refractivity contribution in [3.05, 3.63) is 29.8 Å². The van der Waals surface area contributed by atoms with Crippen LogP contribution in [-0.2, 0) is 9.53 Å². The lowest BCUT2D eigenvalue weighted by atomic mass is 10.2. The highest BCUT2D eigenvalue weighted by Gasteiger charge is 2.25. The smallest absolute Gasteiger partial charge is 0.429 e. The first-order valence-corrected chi connectivity index (χ1v) is 6.73. The minimum Gasteiger partial charge on any atom is -0.442 e. The van der Waals surface area contributed by atoms with Crippen molar-refractivity contribution >= 4 is 24.0 Å². The first-order chi connectivity index (χ1) is 10.2. The van der Waals surface area contributed by atoms with Crippen LogP contribution in [0.1, 0.15) is 31.1 Å². The van der Waals surface area contributed by atoms with Crippen molar-refractivity contribution in [2.75, 3.05) is 18.6 Å². The number of carbonyl (C=O) groups is 3. The third kappa shape index (κ3) is 4.76. The summed E-state index contributed by atoms with van der Waals surface area (Å²) in [7, 11) is 1.59. The van der Waals surface area contributed by atoms with Crippen molar-refractivity contribution in [3.63, 3.8) is 0 Å². The summed E-state index contributed by atoms with van der Waals surface area (Å²) >= 11 is 0. The Kier molecular flexibility index (Phi) is 5.50. The number of ether oxygens (including phenoxy) is 1. The molecule has 0 radical (unpaired) electrons. The number of hydrogen-bond acceptors (Lipinski definition) is 5. The van der Waals surface area contributed by atoms with Gasteiger partial charge in [-0.05, 0) is 39.0 Å². The minimum absolute atomic E-state index is 0.174. The van der Waals surface area contributed by atoms with Crippen molar-refractivity contribution in [2.24, 2.45) is 5.73 Å². The average Bonchev–Trinajstić information content (AvgIpc) is 2.42. The summed E-state index contributed by atoms with van der Waals surface area (Å²) in [5, 5.41) is 2.58. The summed E-state index contributed by atoms with van der Waals surface area (Å²) in [4.78, 5) is 34.3. The SMILES string of the molecule is CN(c1cccc(C(N)=O)c1)N(CC=O)C(=O)OC(C)(C)C. The maximum Gasteiger partial charge on any atom is 0.429 e. The molecule has 22 heavy (non-hydrogen) atoms. The van der Waals surface area contributed by atoms with Crippen LogP contribution in [0.3, 0.4) is 0 Å². The number of hydrogen-bond donors (Lipinski definition) is 1. The fourth-order valence-corrected chi connectivity index (χ4v) is 1.70. The van der Waals surface area contributed by atoms with Gasteiger partial charge < -0.3 is 15.3 Å². The summed E-state index contributed by atoms with van der Waals surface area (Å²) in [5.41, 5.74) is 5.39. The second kappa shape index (κ2) is 6.93. The number of aldehydes is 1. The van der Waals surface area contributed by atoms with Gasteiger partial charge in [-0.1, -0.05) is 6.07 Å². The fraction of sp³-hybridized carbons (Fsp3) is 0.400. The van der Waals surface area contributed by atoms with Gasteiger partial charge in [0.05, 0.1) is 5.69 Å². The number of nitrogens with zero attached hydrogens (tertiary/aromatic N) is 2. The molecule has 0 fully saturated rings. The van der Waals surface area contributed by atoms with E-state index in [9.17, 15) is 14.4 Å². The molecule has 1 aromatic carbocycles. The van der Waals surface area contributed by atoms with Crippen molar-refractivity contribution < 1.29 is 19.1 Å². The second-order valence-corrected chi connectivity index (χ2v) is 5.67. The molecule has 0 heterocycles. The van der Waals surface area contributed by atoms with Crippen molar-refractivity contribution in [2.45, 2.75) is 26.4 Å². The van der Waals surface area contributed by atoms with Gasteiger partial charge >= 0.3 is 6.09 Å². The Morgan fingerprint density at radius 2 is 1.95 bits per heavy atom. The van der Waals surface area contributed by atoms with E-state index in [0.29, 0.717) is 17.5 Å². The molecule has 0 aliphatic carbocycles. The molecule has 120 valence electrons. The van der Waals surface area contributed by atoms with Crippen LogP contribution in [0.15, 0.2) is 24.3 Å². The Balaban J connectivity index is 3.05. The van der Waals surface area contributed by atoms with E-state index in [1.165, 1.54) is 11.1 Å². The normalized spacial score (nSPS) is 10.7. The van der Waals surface area contributed by atoms with E-state index >= 15 is 0 Å². The Bertz CT molecular complexity index is 566. The van der Waals surface area contributed by atoms with Gasteiger partial charge in [-0.25, -0.2) is 9.80 Å². The zero-order valence-electron chi connectivity index (χ0n) is 13.2. The summed E-state index contributed by atoms with van der Waals surface area (Å²) < 4.78 is 5.27. The average molecular weight is 307 g/mol. The monoisotopic (exact) mass is 307 g/mol. The van der Waals surface area contributed by atoms with E-state index < -0.39 is 17.6 Å². The minimum atomic E-state index is -0.686. The van der Waals surface area contributed by atoms with Gasteiger partial charge in [-0.2, -0.15) is 0 Å². The number of anilines is 1. The molecule has 1 rings (SSSR count). The molecule has 0 aliphatic heterocycles. The topological polar surface area (TPSA) is 92.9 Å². The lowest BCUT2D eigenvalue weighted by Gasteiger charge is -2.33. The molecule has 0 unspecified atom stereocenters. The molecule has 2 amide bonds. The third-order valence-corrected chi connectivity index (χ3v) is 2.72. The standard InChI is InChI=1S/C15H21N3O4/c1-15(2,3)22-14(21)18(8-9-19)17(4)12-7-5-6-11(10-12)13(16)20/h5-7,9-10H,8H2,1-4H3,(H2,16,20). The predicted molar refractivity (Wildman–Crippen MR) is 82.4 cm³/mol. The van der Waals surface area contributed by atoms with Crippen LogP contribution in [0.2, 0.25) is 0 Å². The number of hydrazine groups is 1. The van der Waals surface area contributed by atoms with Crippen LogP contribution in [-0.4, -0.2) is 42.5 Å². The Morgan fingerprint density at radius 3 is 2.45 bits per heavy atom. The second-order valence-electron chi connectivity index (χ2n) is 5.67. The highest BCUT2D eigenvalue weighted by Crippen LogP contribution is 2.18. The lowest BCUT2D eigenvalue weighted by molar-refractivity contribution is -0.109. The van der Waals surface area contributed by atoms with E-state index in [0.717, 1.165) is 5.01 Å². The first kappa shape index (κ1) is 17.5. The molecule has 0 spiro atoms. The van der Waals surface area contributed by atoms with Gasteiger partial charge in [0.25, 0.3) is 0 Å². The van der Waals surface area contributed by atoms with Crippen LogP contribution in [0, 0.1) is 0 Å². The third-order valence-electron chi connectivity index (χ3n) is 2.72. The van der Waals surface area contributed by atoms with E-state index in [-0.39, 0.29) is 6.54 Å². The molecular formula is C15H21N3O4. The largest absolute Gasteiger partial charge is 0.442 e. The number of primary amides is 1. The molecule has 0 saturated carbocycles. The summed E-state index contributed by atoms with van der Waals surface area (Å²) in [6.45, 7) is 5.03. The highest BCUT2D eigenvalue weighted by atomic mass is 16.6. The van der Waals surface area contributed by atoms with Crippen molar-refractivity contribution in [1.82, 2.24) is 5.01 Å². The molecule has 0 atom stereocenters. The fourth-order valence-electron chi connectivity index (χ4n) is 1.70. The van der Waals surface area contributed by atoms with Crippen LogP contribution in [0.4, 0.5) is 10.5 Å². The van der Waals surface area contributed by atoms with Gasteiger partial charge in [0.2, 0.25) is 5.91 Å². The maximum atomic E-state index is 12.2. The van der Waals surface area contributed by atoms with Crippen LogP contribution < -0.4 is 10.7 Å². The van der Waals surface area contributed by atoms with Crippen LogP contribution in [0.5, 0.6) is 0 Å².